The molecule has 1 heterocycles. The molecule has 0 aliphatic carbocycles. The van der Waals surface area contributed by atoms with Gasteiger partial charge in [-0.3, -0.25) is 4.79 Å². The number of amides is 1. The molecule has 3 rings (SSSR count). The zero-order chi connectivity index (χ0) is 21.8. The summed E-state index contributed by atoms with van der Waals surface area (Å²) in [6.45, 7) is 1.69. The van der Waals surface area contributed by atoms with Crippen molar-refractivity contribution in [3.63, 3.8) is 0 Å². The third kappa shape index (κ3) is 5.80. The minimum Gasteiger partial charge on any atom is -0.475 e. The van der Waals surface area contributed by atoms with Crippen molar-refractivity contribution in [2.45, 2.75) is 25.4 Å². The van der Waals surface area contributed by atoms with Gasteiger partial charge in [-0.1, -0.05) is 30.3 Å². The molecular weight excluding hydrogens is 405 g/mol. The lowest BCUT2D eigenvalue weighted by Crippen LogP contribution is -2.28. The second-order valence-corrected chi connectivity index (χ2v) is 5.71. The van der Waals surface area contributed by atoms with Crippen molar-refractivity contribution in [3.05, 3.63) is 59.7 Å². The van der Waals surface area contributed by atoms with Gasteiger partial charge >= 0.3 is 18.4 Å². The number of fused-ring (bicyclic) bond motifs is 1. The van der Waals surface area contributed by atoms with Crippen molar-refractivity contribution in [1.82, 2.24) is 5.32 Å². The van der Waals surface area contributed by atoms with Crippen molar-refractivity contribution in [3.8, 4) is 11.5 Å². The average molecular weight is 419 g/mol. The Morgan fingerprint density at radius 2 is 1.62 bits per heavy atom. The van der Waals surface area contributed by atoms with E-state index in [0.29, 0.717) is 11.1 Å². The Kier molecular flexibility index (Phi) is 6.30. The highest BCUT2D eigenvalue weighted by Gasteiger charge is 2.45. The molecule has 156 valence electrons. The molecule has 1 aliphatic heterocycles. The Hall–Kier alpha value is -3.37. The highest BCUT2D eigenvalue weighted by molar-refractivity contribution is 5.94. The normalized spacial score (nSPS) is 15.0. The summed E-state index contributed by atoms with van der Waals surface area (Å²) >= 11 is 0. The molecular formula is C18H14F5NO5. The van der Waals surface area contributed by atoms with Gasteiger partial charge in [0.1, 0.15) is 0 Å². The molecule has 2 aromatic rings. The number of hydrogen-bond acceptors (Lipinski definition) is 4. The van der Waals surface area contributed by atoms with Crippen LogP contribution in [0.25, 0.3) is 0 Å². The van der Waals surface area contributed by atoms with E-state index in [1.807, 2.05) is 0 Å². The lowest BCUT2D eigenvalue weighted by atomic mass is 10.1. The summed E-state index contributed by atoms with van der Waals surface area (Å²) in [7, 11) is 0. The molecule has 1 atom stereocenters. The largest absolute Gasteiger partial charge is 0.586 e. The summed E-state index contributed by atoms with van der Waals surface area (Å²) in [6.07, 6.45) is -8.76. The van der Waals surface area contributed by atoms with Crippen LogP contribution in [0, 0.1) is 0 Å². The lowest BCUT2D eigenvalue weighted by molar-refractivity contribution is -0.287. The average Bonchev–Trinajstić information content (AvgIpc) is 2.95. The number of hydrogen-bond donors (Lipinski definition) is 2. The van der Waals surface area contributed by atoms with Gasteiger partial charge in [0.2, 0.25) is 0 Å². The zero-order valence-corrected chi connectivity index (χ0v) is 14.7. The fourth-order valence-electron chi connectivity index (χ4n) is 2.28. The summed E-state index contributed by atoms with van der Waals surface area (Å²) in [4.78, 5) is 21.0. The van der Waals surface area contributed by atoms with Gasteiger partial charge in [0, 0.05) is 11.1 Å². The third-order valence-corrected chi connectivity index (χ3v) is 3.55. The van der Waals surface area contributed by atoms with Crippen LogP contribution in [-0.4, -0.2) is 29.5 Å². The number of alkyl halides is 5. The van der Waals surface area contributed by atoms with Crippen LogP contribution in [0.3, 0.4) is 0 Å². The van der Waals surface area contributed by atoms with Gasteiger partial charge < -0.3 is 19.9 Å². The van der Waals surface area contributed by atoms with E-state index < -0.39 is 24.5 Å². The van der Waals surface area contributed by atoms with Crippen LogP contribution in [0.1, 0.15) is 28.9 Å². The van der Waals surface area contributed by atoms with Crippen molar-refractivity contribution in [2.24, 2.45) is 0 Å². The minimum atomic E-state index is -5.08. The number of ether oxygens (including phenoxy) is 2. The van der Waals surface area contributed by atoms with Crippen LogP contribution in [0.5, 0.6) is 11.5 Å². The van der Waals surface area contributed by atoms with Crippen LogP contribution in [0.15, 0.2) is 48.5 Å². The molecule has 0 spiro atoms. The Labute approximate surface area is 160 Å². The Balaban J connectivity index is 0.000000370. The molecule has 0 bridgehead atoms. The van der Waals surface area contributed by atoms with E-state index in [4.69, 9.17) is 9.90 Å². The fraction of sp³-hybridized carbons (Fsp3) is 0.222. The second-order valence-electron chi connectivity index (χ2n) is 5.71. The van der Waals surface area contributed by atoms with E-state index in [-0.39, 0.29) is 17.4 Å². The lowest BCUT2D eigenvalue weighted by Gasteiger charge is -2.16. The smallest absolute Gasteiger partial charge is 0.475 e. The maximum absolute atomic E-state index is 13.2. The molecule has 2 N–H and O–H groups in total. The van der Waals surface area contributed by atoms with Crippen LogP contribution in [0.2, 0.25) is 0 Å². The number of halogens is 5. The molecule has 0 radical (unpaired) electrons. The summed E-state index contributed by atoms with van der Waals surface area (Å²) in [5.41, 5.74) is 0.920. The summed E-state index contributed by atoms with van der Waals surface area (Å²) in [6, 6.07) is 12.7. The van der Waals surface area contributed by atoms with E-state index in [1.165, 1.54) is 6.07 Å². The summed E-state index contributed by atoms with van der Waals surface area (Å²) in [5, 5.41) is 9.88. The molecule has 29 heavy (non-hydrogen) atoms. The van der Waals surface area contributed by atoms with Crippen LogP contribution >= 0.6 is 0 Å². The second kappa shape index (κ2) is 8.33. The predicted molar refractivity (Wildman–Crippen MR) is 88.7 cm³/mol. The first-order valence-corrected chi connectivity index (χ1v) is 7.95. The molecule has 1 amide bonds. The number of aliphatic carboxylic acids is 1. The Morgan fingerprint density at radius 3 is 2.17 bits per heavy atom. The molecule has 1 aliphatic rings. The fourth-order valence-corrected chi connectivity index (χ4v) is 2.28. The van der Waals surface area contributed by atoms with Gasteiger partial charge in [-0.2, -0.15) is 13.2 Å². The van der Waals surface area contributed by atoms with Crippen molar-refractivity contribution in [1.29, 1.82) is 0 Å². The van der Waals surface area contributed by atoms with Crippen LogP contribution < -0.4 is 14.8 Å². The van der Waals surface area contributed by atoms with E-state index in [2.05, 4.69) is 14.8 Å². The molecule has 0 saturated heterocycles. The first kappa shape index (κ1) is 21.9. The Morgan fingerprint density at radius 1 is 1.03 bits per heavy atom. The maximum atomic E-state index is 13.2. The van der Waals surface area contributed by atoms with Crippen molar-refractivity contribution >= 4 is 11.9 Å². The van der Waals surface area contributed by atoms with E-state index in [0.717, 1.165) is 0 Å². The number of para-hydroxylation sites is 1. The monoisotopic (exact) mass is 419 g/mol. The number of nitrogens with one attached hydrogen (secondary N) is 1. The van der Waals surface area contributed by atoms with Gasteiger partial charge in [0.15, 0.2) is 11.5 Å². The molecule has 1 unspecified atom stereocenters. The Bertz CT molecular complexity index is 886. The number of carbonyl (C=O) groups excluding carboxylic acids is 1. The maximum Gasteiger partial charge on any atom is 0.586 e. The third-order valence-electron chi connectivity index (χ3n) is 3.55. The topological polar surface area (TPSA) is 84.9 Å². The first-order valence-electron chi connectivity index (χ1n) is 7.95. The molecule has 2 aromatic carbocycles. The molecule has 0 saturated carbocycles. The van der Waals surface area contributed by atoms with E-state index >= 15 is 0 Å². The van der Waals surface area contributed by atoms with Gasteiger partial charge in [-0.15, -0.1) is 8.78 Å². The molecule has 0 aromatic heterocycles. The minimum absolute atomic E-state index is 0.0386. The van der Waals surface area contributed by atoms with Crippen LogP contribution in [-0.2, 0) is 4.79 Å². The highest BCUT2D eigenvalue weighted by atomic mass is 19.4. The number of rotatable bonds is 3. The molecule has 11 heteroatoms. The number of carbonyl (C=O) groups is 2. The van der Waals surface area contributed by atoms with Gasteiger partial charge in [0.05, 0.1) is 6.04 Å². The number of benzene rings is 2. The van der Waals surface area contributed by atoms with Gasteiger partial charge in [0.25, 0.3) is 5.91 Å². The van der Waals surface area contributed by atoms with Crippen molar-refractivity contribution in [2.75, 3.05) is 0 Å². The summed E-state index contributed by atoms with van der Waals surface area (Å²) < 4.78 is 67.0. The van der Waals surface area contributed by atoms with Crippen molar-refractivity contribution < 1.29 is 46.1 Å². The van der Waals surface area contributed by atoms with E-state index in [9.17, 15) is 26.7 Å². The molecule has 6 nitrogen and oxygen atoms in total. The zero-order valence-electron chi connectivity index (χ0n) is 14.7. The number of carboxylic acid groups (broad SMARTS) is 1. The summed E-state index contributed by atoms with van der Waals surface area (Å²) in [5.74, 6) is -3.14. The van der Waals surface area contributed by atoms with Crippen LogP contribution in [0.4, 0.5) is 22.0 Å². The predicted octanol–water partition coefficient (Wildman–Crippen LogP) is 4.13. The quantitative estimate of drug-likeness (QED) is 0.731. The van der Waals surface area contributed by atoms with Gasteiger partial charge in [-0.05, 0) is 25.1 Å². The SMILES string of the molecule is CC(NC(=O)c1ccccc1)c1cccc2c1OC(F)(F)O2.O=C(O)C(F)(F)F. The first-order chi connectivity index (χ1) is 13.4. The molecule has 0 fully saturated rings. The highest BCUT2D eigenvalue weighted by Crippen LogP contribution is 2.45. The van der Waals surface area contributed by atoms with Gasteiger partial charge in [-0.25, -0.2) is 4.79 Å². The number of carboxylic acids is 1. The standard InChI is InChI=1S/C16H13F2NO3.C2HF3O2/c1-10(19-15(20)11-6-3-2-4-7-11)12-8-5-9-13-14(12)22-16(17,18)21-13;3-2(4,5)1(6)7/h2-10H,1H3,(H,19,20);(H,6,7). The van der Waals surface area contributed by atoms with E-state index in [1.54, 1.807) is 49.4 Å².